The van der Waals surface area contributed by atoms with Gasteiger partial charge < -0.3 is 14.8 Å². The van der Waals surface area contributed by atoms with E-state index in [2.05, 4.69) is 22.4 Å². The van der Waals surface area contributed by atoms with E-state index >= 15 is 0 Å². The van der Waals surface area contributed by atoms with Gasteiger partial charge in [0.2, 0.25) is 5.91 Å². The molecule has 1 aliphatic heterocycles. The van der Waals surface area contributed by atoms with Gasteiger partial charge in [-0.25, -0.2) is 4.98 Å². The van der Waals surface area contributed by atoms with E-state index in [0.29, 0.717) is 0 Å². The molecule has 2 aromatic rings. The van der Waals surface area contributed by atoms with E-state index < -0.39 is 0 Å². The molecule has 2 heterocycles. The van der Waals surface area contributed by atoms with Gasteiger partial charge in [-0.3, -0.25) is 4.79 Å². The highest BCUT2D eigenvalue weighted by atomic mass is 35.5. The molecule has 1 fully saturated rings. The molecule has 6 heteroatoms. The molecule has 0 bridgehead atoms. The number of amides is 1. The highest BCUT2D eigenvalue weighted by Gasteiger charge is 2.39. The van der Waals surface area contributed by atoms with Gasteiger partial charge >= 0.3 is 0 Å². The standard InChI is InChI=1S/C17H20N4O.ClH/c1-20-8-7-19-16(20)15-11-18-6-9-21(15)17(22)14-10-12-4-2-3-5-13(12)14;/h2-5,7-8,14-15,18H,6,9-11H2,1H3;1H. The van der Waals surface area contributed by atoms with Crippen molar-refractivity contribution in [2.45, 2.75) is 18.4 Å². The minimum atomic E-state index is 0. The van der Waals surface area contributed by atoms with Crippen LogP contribution in [-0.4, -0.2) is 40.0 Å². The largest absolute Gasteiger partial charge is 0.336 e. The fourth-order valence-corrected chi connectivity index (χ4v) is 3.58. The number of carbonyl (C=O) groups excluding carboxylic acids is 1. The number of aromatic nitrogens is 2. The van der Waals surface area contributed by atoms with E-state index in [1.54, 1.807) is 6.20 Å². The molecule has 1 aliphatic carbocycles. The van der Waals surface area contributed by atoms with Gasteiger partial charge in [0, 0.05) is 39.1 Å². The molecule has 2 atom stereocenters. The van der Waals surface area contributed by atoms with Crippen molar-refractivity contribution in [1.82, 2.24) is 19.8 Å². The Labute approximate surface area is 142 Å². The molecule has 2 unspecified atom stereocenters. The maximum absolute atomic E-state index is 13.0. The van der Waals surface area contributed by atoms with Crippen molar-refractivity contribution in [1.29, 1.82) is 0 Å². The van der Waals surface area contributed by atoms with Crippen LogP contribution in [0.2, 0.25) is 0 Å². The quantitative estimate of drug-likeness (QED) is 0.910. The van der Waals surface area contributed by atoms with Crippen molar-refractivity contribution >= 4 is 18.3 Å². The van der Waals surface area contributed by atoms with Crippen LogP contribution < -0.4 is 5.32 Å². The van der Waals surface area contributed by atoms with Crippen LogP contribution in [0.4, 0.5) is 0 Å². The van der Waals surface area contributed by atoms with Gasteiger partial charge in [-0.05, 0) is 17.5 Å². The maximum atomic E-state index is 13.0. The topological polar surface area (TPSA) is 50.2 Å². The van der Waals surface area contributed by atoms with E-state index in [1.807, 2.05) is 34.8 Å². The van der Waals surface area contributed by atoms with Gasteiger partial charge in [-0.15, -0.1) is 12.4 Å². The fraction of sp³-hybridized carbons (Fsp3) is 0.412. The number of piperazine rings is 1. The summed E-state index contributed by atoms with van der Waals surface area (Å²) < 4.78 is 2.01. The van der Waals surface area contributed by atoms with Gasteiger partial charge in [-0.2, -0.15) is 0 Å². The number of nitrogens with one attached hydrogen (secondary N) is 1. The SMILES string of the molecule is Cl.Cn1ccnc1C1CNCCN1C(=O)C1Cc2ccccc21. The minimum absolute atomic E-state index is 0. The molecule has 5 nitrogen and oxygen atoms in total. The molecule has 0 saturated carbocycles. The molecule has 23 heavy (non-hydrogen) atoms. The number of rotatable bonds is 2. The number of fused-ring (bicyclic) bond motifs is 1. The minimum Gasteiger partial charge on any atom is -0.336 e. The van der Waals surface area contributed by atoms with Crippen molar-refractivity contribution in [3.05, 3.63) is 53.6 Å². The Bertz CT molecular complexity index is 714. The molecule has 4 rings (SSSR count). The van der Waals surface area contributed by atoms with E-state index in [0.717, 1.165) is 31.9 Å². The van der Waals surface area contributed by atoms with Crippen LogP contribution in [0.3, 0.4) is 0 Å². The third-order valence-corrected chi connectivity index (χ3v) is 4.84. The molecule has 0 spiro atoms. The molecule has 122 valence electrons. The third kappa shape index (κ3) is 2.64. The Morgan fingerprint density at radius 1 is 1.35 bits per heavy atom. The first-order valence-electron chi connectivity index (χ1n) is 7.82. The molecule has 0 radical (unpaired) electrons. The molecule has 1 aromatic carbocycles. The second-order valence-corrected chi connectivity index (χ2v) is 6.10. The Morgan fingerprint density at radius 3 is 2.91 bits per heavy atom. The molecule has 1 amide bonds. The zero-order chi connectivity index (χ0) is 15.1. The second-order valence-electron chi connectivity index (χ2n) is 6.10. The lowest BCUT2D eigenvalue weighted by molar-refractivity contribution is -0.137. The summed E-state index contributed by atoms with van der Waals surface area (Å²) in [5.74, 6) is 1.22. The Kier molecular flexibility index (Phi) is 4.41. The van der Waals surface area contributed by atoms with Gasteiger partial charge in [0.15, 0.2) is 0 Å². The molecule has 1 aromatic heterocycles. The Morgan fingerprint density at radius 2 is 2.17 bits per heavy atom. The summed E-state index contributed by atoms with van der Waals surface area (Å²) in [4.78, 5) is 19.5. The summed E-state index contributed by atoms with van der Waals surface area (Å²) in [6.45, 7) is 2.36. The normalized spacial score (nSPS) is 22.7. The molecular weight excluding hydrogens is 312 g/mol. The zero-order valence-corrected chi connectivity index (χ0v) is 13.9. The number of aryl methyl sites for hydroxylation is 1. The number of benzene rings is 1. The highest BCUT2D eigenvalue weighted by molar-refractivity contribution is 5.87. The number of carbonyl (C=O) groups is 1. The van der Waals surface area contributed by atoms with Crippen LogP contribution in [0.5, 0.6) is 0 Å². The number of halogens is 1. The predicted molar refractivity (Wildman–Crippen MR) is 90.7 cm³/mol. The molecule has 1 N–H and O–H groups in total. The Hall–Kier alpha value is -1.85. The fourth-order valence-electron chi connectivity index (χ4n) is 3.58. The van der Waals surface area contributed by atoms with Crippen LogP contribution in [0.1, 0.15) is 28.9 Å². The second kappa shape index (κ2) is 6.34. The van der Waals surface area contributed by atoms with Crippen molar-refractivity contribution in [3.63, 3.8) is 0 Å². The lowest BCUT2D eigenvalue weighted by atomic mass is 9.76. The zero-order valence-electron chi connectivity index (χ0n) is 13.1. The maximum Gasteiger partial charge on any atom is 0.231 e. The van der Waals surface area contributed by atoms with Crippen molar-refractivity contribution in [2.24, 2.45) is 7.05 Å². The van der Waals surface area contributed by atoms with Crippen LogP contribution >= 0.6 is 12.4 Å². The van der Waals surface area contributed by atoms with Crippen LogP contribution in [0, 0.1) is 0 Å². The van der Waals surface area contributed by atoms with E-state index in [1.165, 1.54) is 11.1 Å². The van der Waals surface area contributed by atoms with E-state index in [9.17, 15) is 4.79 Å². The van der Waals surface area contributed by atoms with Crippen LogP contribution in [-0.2, 0) is 18.3 Å². The predicted octanol–water partition coefficient (Wildman–Crippen LogP) is 1.65. The third-order valence-electron chi connectivity index (χ3n) is 4.84. The van der Waals surface area contributed by atoms with Crippen molar-refractivity contribution in [3.8, 4) is 0 Å². The Balaban J connectivity index is 0.00000156. The lowest BCUT2D eigenvalue weighted by Gasteiger charge is -2.40. The summed E-state index contributed by atoms with van der Waals surface area (Å²) in [6, 6.07) is 8.29. The number of hydrogen-bond donors (Lipinski definition) is 1. The van der Waals surface area contributed by atoms with Gasteiger partial charge in [0.1, 0.15) is 11.9 Å². The lowest BCUT2D eigenvalue weighted by Crippen LogP contribution is -2.51. The average Bonchev–Trinajstić information content (AvgIpc) is 2.94. The first kappa shape index (κ1) is 16.0. The number of imidazole rings is 1. The number of hydrogen-bond acceptors (Lipinski definition) is 3. The van der Waals surface area contributed by atoms with Gasteiger partial charge in [0.05, 0.1) is 5.92 Å². The van der Waals surface area contributed by atoms with Crippen molar-refractivity contribution in [2.75, 3.05) is 19.6 Å². The molecule has 2 aliphatic rings. The van der Waals surface area contributed by atoms with E-state index in [-0.39, 0.29) is 30.3 Å². The van der Waals surface area contributed by atoms with Crippen molar-refractivity contribution < 1.29 is 4.79 Å². The number of nitrogens with zero attached hydrogens (tertiary/aromatic N) is 3. The van der Waals surface area contributed by atoms with Gasteiger partial charge in [-0.1, -0.05) is 24.3 Å². The first-order valence-corrected chi connectivity index (χ1v) is 7.82. The first-order chi connectivity index (χ1) is 10.8. The summed E-state index contributed by atoms with van der Waals surface area (Å²) in [5, 5.41) is 3.38. The molecule has 1 saturated heterocycles. The van der Waals surface area contributed by atoms with Gasteiger partial charge in [0.25, 0.3) is 0 Å². The summed E-state index contributed by atoms with van der Waals surface area (Å²) in [7, 11) is 1.98. The van der Waals surface area contributed by atoms with Crippen LogP contribution in [0.25, 0.3) is 0 Å². The molecular formula is C17H21ClN4O. The summed E-state index contributed by atoms with van der Waals surface area (Å²) in [6.07, 6.45) is 4.60. The summed E-state index contributed by atoms with van der Waals surface area (Å²) >= 11 is 0. The average molecular weight is 333 g/mol. The summed E-state index contributed by atoms with van der Waals surface area (Å²) in [5.41, 5.74) is 2.51. The highest BCUT2D eigenvalue weighted by Crippen LogP contribution is 2.37. The van der Waals surface area contributed by atoms with E-state index in [4.69, 9.17) is 0 Å². The smallest absolute Gasteiger partial charge is 0.231 e. The monoisotopic (exact) mass is 332 g/mol. The van der Waals surface area contributed by atoms with Crippen LogP contribution in [0.15, 0.2) is 36.7 Å².